The second-order valence-corrected chi connectivity index (χ2v) is 11.5. The fraction of sp³-hybridized carbons (Fsp3) is 0.400. The van der Waals surface area contributed by atoms with Crippen LogP contribution in [0.1, 0.15) is 12.5 Å². The average Bonchev–Trinajstić information content (AvgIpc) is 2.15. The molecule has 0 saturated heterocycles. The SMILES string of the molecule is CC(O)(c1cccc([Si](C)(Cl)Cl)c1)C(F)(F)F. The first kappa shape index (κ1) is 14.8. The van der Waals surface area contributed by atoms with E-state index in [9.17, 15) is 18.3 Å². The summed E-state index contributed by atoms with van der Waals surface area (Å²) in [5, 5.41) is 9.95. The van der Waals surface area contributed by atoms with Crippen molar-refractivity contribution in [2.75, 3.05) is 0 Å². The van der Waals surface area contributed by atoms with Crippen LogP contribution in [-0.4, -0.2) is 18.0 Å². The van der Waals surface area contributed by atoms with E-state index in [2.05, 4.69) is 0 Å². The number of hydrogen-bond donors (Lipinski definition) is 1. The van der Waals surface area contributed by atoms with Crippen LogP contribution in [0.25, 0.3) is 0 Å². The molecule has 17 heavy (non-hydrogen) atoms. The zero-order valence-corrected chi connectivity index (χ0v) is 11.7. The van der Waals surface area contributed by atoms with E-state index in [1.165, 1.54) is 18.2 Å². The maximum absolute atomic E-state index is 12.6. The molecular weight excluding hydrogens is 292 g/mol. The zero-order valence-electron chi connectivity index (χ0n) is 9.15. The molecular formula is C10H11Cl2F3OSi. The second-order valence-electron chi connectivity index (χ2n) is 4.04. The molecule has 1 nitrogen and oxygen atoms in total. The number of hydrogen-bond acceptors (Lipinski definition) is 1. The molecule has 1 aromatic rings. The summed E-state index contributed by atoms with van der Waals surface area (Å²) in [6, 6.07) is 5.37. The Morgan fingerprint density at radius 3 is 2.18 bits per heavy atom. The molecule has 0 aliphatic carbocycles. The van der Waals surface area contributed by atoms with E-state index in [1.807, 2.05) is 0 Å². The molecule has 0 radical (unpaired) electrons. The lowest BCUT2D eigenvalue weighted by Crippen LogP contribution is -2.41. The molecule has 7 heteroatoms. The highest BCUT2D eigenvalue weighted by Crippen LogP contribution is 2.38. The first-order chi connectivity index (χ1) is 7.46. The van der Waals surface area contributed by atoms with Crippen LogP contribution in [0.2, 0.25) is 6.55 Å². The monoisotopic (exact) mass is 302 g/mol. The first-order valence-corrected chi connectivity index (χ1v) is 9.26. The summed E-state index contributed by atoms with van der Waals surface area (Å²) in [4.78, 5) is 0. The van der Waals surface area contributed by atoms with Gasteiger partial charge < -0.3 is 5.11 Å². The third-order valence-corrected chi connectivity index (χ3v) is 5.12. The molecule has 1 unspecified atom stereocenters. The Morgan fingerprint density at radius 2 is 1.76 bits per heavy atom. The predicted octanol–water partition coefficient (Wildman–Crippen LogP) is 3.21. The second kappa shape index (κ2) is 4.46. The van der Waals surface area contributed by atoms with Gasteiger partial charge in [-0.3, -0.25) is 0 Å². The quantitative estimate of drug-likeness (QED) is 0.657. The van der Waals surface area contributed by atoms with E-state index in [0.717, 1.165) is 0 Å². The van der Waals surface area contributed by atoms with Crippen LogP contribution in [0.15, 0.2) is 24.3 Å². The van der Waals surface area contributed by atoms with Crippen LogP contribution in [0.5, 0.6) is 0 Å². The van der Waals surface area contributed by atoms with Crippen molar-refractivity contribution in [1.82, 2.24) is 0 Å². The highest BCUT2D eigenvalue weighted by Gasteiger charge is 2.51. The van der Waals surface area contributed by atoms with Gasteiger partial charge in [0.2, 0.25) is 0 Å². The molecule has 0 spiro atoms. The Morgan fingerprint density at radius 1 is 1.24 bits per heavy atom. The Hall–Kier alpha value is -0.233. The molecule has 1 rings (SSSR count). The van der Waals surface area contributed by atoms with Crippen molar-refractivity contribution in [1.29, 1.82) is 0 Å². The lowest BCUT2D eigenvalue weighted by atomic mass is 9.96. The van der Waals surface area contributed by atoms with Crippen molar-refractivity contribution in [2.45, 2.75) is 25.2 Å². The van der Waals surface area contributed by atoms with Gasteiger partial charge in [-0.25, -0.2) is 0 Å². The van der Waals surface area contributed by atoms with E-state index in [1.54, 1.807) is 12.6 Å². The Kier molecular flexibility index (Phi) is 3.89. The maximum Gasteiger partial charge on any atom is 0.421 e. The van der Waals surface area contributed by atoms with E-state index in [4.69, 9.17) is 22.2 Å². The molecule has 1 atom stereocenters. The summed E-state index contributed by atoms with van der Waals surface area (Å²) in [5.41, 5.74) is -3.17. The van der Waals surface area contributed by atoms with Crippen molar-refractivity contribution in [2.24, 2.45) is 0 Å². The van der Waals surface area contributed by atoms with Gasteiger partial charge in [0.25, 0.3) is 6.69 Å². The van der Waals surface area contributed by atoms with Gasteiger partial charge in [-0.15, -0.1) is 22.2 Å². The maximum atomic E-state index is 12.6. The standard InChI is InChI=1S/C10H11Cl2F3OSi/c1-9(16,10(13,14)15)7-4-3-5-8(6-7)17(2,11)12/h3-6,16H,1-2H3. The molecule has 1 aromatic carbocycles. The molecule has 1 N–H and O–H groups in total. The fourth-order valence-electron chi connectivity index (χ4n) is 1.26. The van der Waals surface area contributed by atoms with Gasteiger partial charge in [0.15, 0.2) is 5.60 Å². The average molecular weight is 303 g/mol. The molecule has 0 saturated carbocycles. The lowest BCUT2D eigenvalue weighted by molar-refractivity contribution is -0.258. The van der Waals surface area contributed by atoms with Crippen molar-refractivity contribution in [3.63, 3.8) is 0 Å². The fourth-order valence-corrected chi connectivity index (χ4v) is 2.76. The van der Waals surface area contributed by atoms with E-state index >= 15 is 0 Å². The van der Waals surface area contributed by atoms with Crippen LogP contribution in [0, 0.1) is 0 Å². The number of halogens is 5. The Balaban J connectivity index is 3.26. The van der Waals surface area contributed by atoms with Crippen molar-refractivity contribution >= 4 is 34.0 Å². The van der Waals surface area contributed by atoms with E-state index < -0.39 is 18.5 Å². The molecule has 0 bridgehead atoms. The Bertz CT molecular complexity index is 413. The highest BCUT2D eigenvalue weighted by atomic mass is 35.7. The van der Waals surface area contributed by atoms with Gasteiger partial charge in [-0.2, -0.15) is 13.2 Å². The Labute approximate surface area is 108 Å². The number of aliphatic hydroxyl groups is 1. The summed E-state index contributed by atoms with van der Waals surface area (Å²) in [6.07, 6.45) is -4.75. The van der Waals surface area contributed by atoms with Gasteiger partial charge in [-0.05, 0) is 24.2 Å². The van der Waals surface area contributed by atoms with Crippen LogP contribution in [-0.2, 0) is 5.60 Å². The molecule has 0 aliphatic rings. The molecule has 0 amide bonds. The number of benzene rings is 1. The minimum Gasteiger partial charge on any atom is -0.376 e. The van der Waals surface area contributed by atoms with Crippen LogP contribution in [0.4, 0.5) is 13.2 Å². The lowest BCUT2D eigenvalue weighted by Gasteiger charge is -2.27. The summed E-state index contributed by atoms with van der Waals surface area (Å²) in [5.74, 6) is 0. The highest BCUT2D eigenvalue weighted by molar-refractivity contribution is 7.50. The normalized spacial score (nSPS) is 16.7. The zero-order chi connectivity index (χ0) is 13.5. The minimum atomic E-state index is -4.75. The topological polar surface area (TPSA) is 20.2 Å². The smallest absolute Gasteiger partial charge is 0.376 e. The molecule has 0 heterocycles. The van der Waals surface area contributed by atoms with Crippen LogP contribution in [0.3, 0.4) is 0 Å². The number of rotatable bonds is 2. The summed E-state index contributed by atoms with van der Waals surface area (Å²) >= 11 is 11.9. The van der Waals surface area contributed by atoms with Crippen LogP contribution < -0.4 is 5.19 Å². The van der Waals surface area contributed by atoms with Crippen molar-refractivity contribution in [3.8, 4) is 0 Å². The van der Waals surface area contributed by atoms with E-state index in [0.29, 0.717) is 12.1 Å². The minimum absolute atomic E-state index is 0.262. The van der Waals surface area contributed by atoms with Gasteiger partial charge in [0.05, 0.1) is 0 Å². The molecule has 96 valence electrons. The summed E-state index contributed by atoms with van der Waals surface area (Å²) < 4.78 is 37.9. The van der Waals surface area contributed by atoms with Gasteiger partial charge >= 0.3 is 6.18 Å². The molecule has 0 fully saturated rings. The van der Waals surface area contributed by atoms with Gasteiger partial charge in [-0.1, -0.05) is 24.3 Å². The third kappa shape index (κ3) is 3.16. The van der Waals surface area contributed by atoms with Crippen LogP contribution >= 0.6 is 22.2 Å². The molecule has 0 aromatic heterocycles. The summed E-state index contributed by atoms with van der Waals surface area (Å²) in [7, 11) is 0. The van der Waals surface area contributed by atoms with E-state index in [-0.39, 0.29) is 5.56 Å². The number of alkyl halides is 3. The van der Waals surface area contributed by atoms with Crippen molar-refractivity contribution < 1.29 is 18.3 Å². The van der Waals surface area contributed by atoms with Gasteiger partial charge in [0, 0.05) is 0 Å². The molecule has 0 aliphatic heterocycles. The largest absolute Gasteiger partial charge is 0.421 e. The van der Waals surface area contributed by atoms with Gasteiger partial charge in [0.1, 0.15) is 0 Å². The predicted molar refractivity (Wildman–Crippen MR) is 65.0 cm³/mol. The summed E-state index contributed by atoms with van der Waals surface area (Å²) in [6.45, 7) is -0.454. The first-order valence-electron chi connectivity index (χ1n) is 4.74. The van der Waals surface area contributed by atoms with Crippen molar-refractivity contribution in [3.05, 3.63) is 29.8 Å². The third-order valence-electron chi connectivity index (χ3n) is 2.48.